The zero-order chi connectivity index (χ0) is 19.1. The van der Waals surface area contributed by atoms with Crippen molar-refractivity contribution in [1.29, 1.82) is 0 Å². The lowest BCUT2D eigenvalue weighted by atomic mass is 9.94. The lowest BCUT2D eigenvalue weighted by Crippen LogP contribution is -1.99. The van der Waals surface area contributed by atoms with Crippen LogP contribution in [-0.4, -0.2) is 17.9 Å². The highest BCUT2D eigenvalue weighted by Crippen LogP contribution is 2.29. The fourth-order valence-electron chi connectivity index (χ4n) is 2.97. The molecule has 0 heterocycles. The van der Waals surface area contributed by atoms with Gasteiger partial charge in [-0.15, -0.1) is 0 Å². The summed E-state index contributed by atoms with van der Waals surface area (Å²) in [4.78, 5) is 4.29. The Kier molecular flexibility index (Phi) is 6.01. The van der Waals surface area contributed by atoms with Gasteiger partial charge in [0.2, 0.25) is 0 Å². The monoisotopic (exact) mass is 353 g/mol. The average Bonchev–Trinajstić information content (AvgIpc) is 2.74. The SMILES string of the molecule is CN=C1C=CC=C/C1=C/C=C(\C)C(O)=C(c1ccccc1)c1ccccc1. The first-order valence-corrected chi connectivity index (χ1v) is 8.95. The molecule has 0 aromatic heterocycles. The largest absolute Gasteiger partial charge is 0.507 e. The quantitative estimate of drug-likeness (QED) is 0.525. The molecule has 1 N–H and O–H groups in total. The molecular formula is C25H23NO. The zero-order valence-electron chi connectivity index (χ0n) is 15.6. The van der Waals surface area contributed by atoms with E-state index in [0.717, 1.165) is 33.6 Å². The van der Waals surface area contributed by atoms with Crippen LogP contribution in [0.15, 0.2) is 119 Å². The van der Waals surface area contributed by atoms with E-state index < -0.39 is 0 Å². The Morgan fingerprint density at radius 1 is 0.852 bits per heavy atom. The van der Waals surface area contributed by atoms with Gasteiger partial charge in [0.15, 0.2) is 0 Å². The van der Waals surface area contributed by atoms with Crippen LogP contribution in [-0.2, 0) is 0 Å². The van der Waals surface area contributed by atoms with E-state index in [1.54, 1.807) is 7.05 Å². The van der Waals surface area contributed by atoms with E-state index >= 15 is 0 Å². The summed E-state index contributed by atoms with van der Waals surface area (Å²) in [7, 11) is 1.78. The Morgan fingerprint density at radius 2 is 1.41 bits per heavy atom. The van der Waals surface area contributed by atoms with Gasteiger partial charge in [0.05, 0.1) is 5.71 Å². The molecule has 0 bridgehead atoms. The third-order valence-corrected chi connectivity index (χ3v) is 4.43. The van der Waals surface area contributed by atoms with E-state index in [-0.39, 0.29) is 5.76 Å². The fourth-order valence-corrected chi connectivity index (χ4v) is 2.97. The van der Waals surface area contributed by atoms with Crippen molar-refractivity contribution < 1.29 is 5.11 Å². The van der Waals surface area contributed by atoms with Gasteiger partial charge >= 0.3 is 0 Å². The number of nitrogens with zero attached hydrogens (tertiary/aromatic N) is 1. The molecule has 134 valence electrons. The summed E-state index contributed by atoms with van der Waals surface area (Å²) in [5.41, 5.74) is 5.54. The van der Waals surface area contributed by atoms with Gasteiger partial charge in [0, 0.05) is 12.6 Å². The second kappa shape index (κ2) is 8.81. The number of benzene rings is 2. The first-order chi connectivity index (χ1) is 13.2. The lowest BCUT2D eigenvalue weighted by Gasteiger charge is -2.12. The third kappa shape index (κ3) is 4.42. The molecule has 0 saturated carbocycles. The van der Waals surface area contributed by atoms with Crippen molar-refractivity contribution in [3.05, 3.63) is 125 Å². The van der Waals surface area contributed by atoms with E-state index in [1.165, 1.54) is 0 Å². The molecule has 1 aliphatic rings. The number of hydrogen-bond acceptors (Lipinski definition) is 2. The molecule has 2 heteroatoms. The van der Waals surface area contributed by atoms with Crippen LogP contribution < -0.4 is 0 Å². The number of hydrogen-bond donors (Lipinski definition) is 1. The topological polar surface area (TPSA) is 32.6 Å². The molecule has 1 aliphatic carbocycles. The van der Waals surface area contributed by atoms with Gasteiger partial charge in [-0.25, -0.2) is 0 Å². The lowest BCUT2D eigenvalue weighted by molar-refractivity contribution is 0.426. The third-order valence-electron chi connectivity index (χ3n) is 4.43. The maximum atomic E-state index is 11.1. The highest BCUT2D eigenvalue weighted by molar-refractivity contribution is 6.11. The maximum absolute atomic E-state index is 11.1. The van der Waals surface area contributed by atoms with Crippen molar-refractivity contribution in [2.45, 2.75) is 6.92 Å². The Hall–Kier alpha value is -3.39. The van der Waals surface area contributed by atoms with Crippen molar-refractivity contribution in [1.82, 2.24) is 0 Å². The van der Waals surface area contributed by atoms with Gasteiger partial charge in [-0.3, -0.25) is 4.99 Å². The number of aliphatic hydroxyl groups excluding tert-OH is 1. The summed E-state index contributed by atoms with van der Waals surface area (Å²) in [5.74, 6) is 0.273. The average molecular weight is 353 g/mol. The molecule has 27 heavy (non-hydrogen) atoms. The van der Waals surface area contributed by atoms with Crippen LogP contribution >= 0.6 is 0 Å². The van der Waals surface area contributed by atoms with Gasteiger partial charge in [0.25, 0.3) is 0 Å². The highest BCUT2D eigenvalue weighted by atomic mass is 16.3. The predicted octanol–water partition coefficient (Wildman–Crippen LogP) is 6.07. The Morgan fingerprint density at radius 3 is 1.96 bits per heavy atom. The number of aliphatic hydroxyl groups is 1. The molecule has 2 aromatic rings. The van der Waals surface area contributed by atoms with Crippen molar-refractivity contribution in [3.63, 3.8) is 0 Å². The molecule has 2 aromatic carbocycles. The predicted molar refractivity (Wildman–Crippen MR) is 115 cm³/mol. The zero-order valence-corrected chi connectivity index (χ0v) is 15.6. The van der Waals surface area contributed by atoms with Gasteiger partial charge in [-0.05, 0) is 35.3 Å². The van der Waals surface area contributed by atoms with Crippen LogP contribution in [0.2, 0.25) is 0 Å². The Bertz CT molecular complexity index is 930. The Labute approximate surface area is 160 Å². The minimum atomic E-state index is 0.273. The smallest absolute Gasteiger partial charge is 0.126 e. The van der Waals surface area contributed by atoms with Gasteiger partial charge in [-0.1, -0.05) is 91.0 Å². The first-order valence-electron chi connectivity index (χ1n) is 8.95. The van der Waals surface area contributed by atoms with Gasteiger partial charge < -0.3 is 5.11 Å². The van der Waals surface area contributed by atoms with Crippen molar-refractivity contribution in [2.24, 2.45) is 4.99 Å². The molecule has 3 rings (SSSR count). The van der Waals surface area contributed by atoms with Crippen LogP contribution in [0.4, 0.5) is 0 Å². The summed E-state index contributed by atoms with van der Waals surface area (Å²) >= 11 is 0. The molecule has 2 nitrogen and oxygen atoms in total. The van der Waals surface area contributed by atoms with Crippen molar-refractivity contribution in [2.75, 3.05) is 7.05 Å². The van der Waals surface area contributed by atoms with Crippen LogP contribution in [0.5, 0.6) is 0 Å². The number of aliphatic imine (C=N–C) groups is 1. The summed E-state index contributed by atoms with van der Waals surface area (Å²) in [6, 6.07) is 19.9. The second-order valence-electron chi connectivity index (χ2n) is 6.25. The van der Waals surface area contributed by atoms with Crippen LogP contribution in [0.1, 0.15) is 18.1 Å². The van der Waals surface area contributed by atoms with Crippen LogP contribution in [0, 0.1) is 0 Å². The fraction of sp³-hybridized carbons (Fsp3) is 0.0800. The molecule has 0 aliphatic heterocycles. The van der Waals surface area contributed by atoms with E-state index in [9.17, 15) is 5.11 Å². The minimum absolute atomic E-state index is 0.273. The molecular weight excluding hydrogens is 330 g/mol. The standard InChI is InChI=1S/C25H23NO/c1-19(17-18-20-11-9-10-16-23(20)26-2)25(27)24(21-12-5-3-6-13-21)22-14-7-4-8-15-22/h3-18,27H,1-2H3/b19-17+,20-18-,26-23?. The summed E-state index contributed by atoms with van der Waals surface area (Å²) in [6.07, 6.45) is 11.9. The van der Waals surface area contributed by atoms with E-state index in [2.05, 4.69) is 4.99 Å². The van der Waals surface area contributed by atoms with Crippen LogP contribution in [0.3, 0.4) is 0 Å². The van der Waals surface area contributed by atoms with E-state index in [4.69, 9.17) is 0 Å². The second-order valence-corrected chi connectivity index (χ2v) is 6.25. The summed E-state index contributed by atoms with van der Waals surface area (Å²) in [6.45, 7) is 1.92. The van der Waals surface area contributed by atoms with E-state index in [0.29, 0.717) is 0 Å². The van der Waals surface area contributed by atoms with Gasteiger partial charge in [0.1, 0.15) is 5.76 Å². The van der Waals surface area contributed by atoms with E-state index in [1.807, 2.05) is 104 Å². The van der Waals surface area contributed by atoms with Crippen molar-refractivity contribution >= 4 is 11.3 Å². The first kappa shape index (κ1) is 18.4. The maximum Gasteiger partial charge on any atom is 0.126 e. The number of allylic oxidation sites excluding steroid dienone is 8. The molecule has 0 amide bonds. The molecule has 0 fully saturated rings. The summed E-state index contributed by atoms with van der Waals surface area (Å²) in [5, 5.41) is 11.1. The van der Waals surface area contributed by atoms with Crippen molar-refractivity contribution in [3.8, 4) is 0 Å². The normalized spacial score (nSPS) is 16.7. The summed E-state index contributed by atoms with van der Waals surface area (Å²) < 4.78 is 0. The van der Waals surface area contributed by atoms with Gasteiger partial charge in [-0.2, -0.15) is 0 Å². The molecule has 0 saturated heterocycles. The molecule has 0 radical (unpaired) electrons. The Balaban J connectivity index is 2.06. The molecule has 0 unspecified atom stereocenters. The van der Waals surface area contributed by atoms with Crippen LogP contribution in [0.25, 0.3) is 5.57 Å². The minimum Gasteiger partial charge on any atom is -0.507 e. The molecule has 0 atom stereocenters. The number of rotatable bonds is 4. The molecule has 0 spiro atoms. The highest BCUT2D eigenvalue weighted by Gasteiger charge is 2.12.